The molecule has 1 heterocycles. The van der Waals surface area contributed by atoms with Crippen LogP contribution in [-0.4, -0.2) is 18.5 Å². The number of nitrogens with zero attached hydrogens (tertiary/aromatic N) is 1. The topological polar surface area (TPSA) is 3.24 Å². The molecule has 2 aromatic carbocycles. The molecule has 0 saturated carbocycles. The van der Waals surface area contributed by atoms with E-state index in [4.69, 9.17) is 0 Å². The zero-order chi connectivity index (χ0) is 14.8. The lowest BCUT2D eigenvalue weighted by atomic mass is 9.79. The fourth-order valence-electron chi connectivity index (χ4n) is 3.77. The van der Waals surface area contributed by atoms with E-state index in [1.54, 1.807) is 0 Å². The SMILES string of the molecule is C=C(C)[C@@H]1C(c2ccccc2)N(C)C[C@H]1c1ccccc1. The highest BCUT2D eigenvalue weighted by Gasteiger charge is 2.41. The molecule has 1 heteroatoms. The minimum atomic E-state index is 0.425. The lowest BCUT2D eigenvalue weighted by Gasteiger charge is -2.27. The van der Waals surface area contributed by atoms with Crippen LogP contribution in [0.2, 0.25) is 0 Å². The maximum atomic E-state index is 4.30. The van der Waals surface area contributed by atoms with Gasteiger partial charge in [0.1, 0.15) is 0 Å². The van der Waals surface area contributed by atoms with Gasteiger partial charge in [0.05, 0.1) is 0 Å². The minimum absolute atomic E-state index is 0.425. The lowest BCUT2D eigenvalue weighted by molar-refractivity contribution is 0.292. The molecule has 1 unspecified atom stereocenters. The molecule has 2 aromatic rings. The molecule has 3 rings (SSSR count). The molecule has 21 heavy (non-hydrogen) atoms. The average molecular weight is 277 g/mol. The average Bonchev–Trinajstić information content (AvgIpc) is 2.87. The number of benzene rings is 2. The van der Waals surface area contributed by atoms with E-state index >= 15 is 0 Å². The molecule has 1 nitrogen and oxygen atoms in total. The van der Waals surface area contributed by atoms with E-state index in [1.165, 1.54) is 16.7 Å². The Kier molecular flexibility index (Phi) is 3.94. The van der Waals surface area contributed by atoms with Gasteiger partial charge < -0.3 is 0 Å². The Morgan fingerprint density at radius 3 is 2.00 bits per heavy atom. The van der Waals surface area contributed by atoms with Crippen LogP contribution in [0, 0.1) is 5.92 Å². The summed E-state index contributed by atoms with van der Waals surface area (Å²) < 4.78 is 0. The molecule has 1 aliphatic heterocycles. The summed E-state index contributed by atoms with van der Waals surface area (Å²) in [4.78, 5) is 2.48. The largest absolute Gasteiger partial charge is 0.298 e. The van der Waals surface area contributed by atoms with Crippen LogP contribution < -0.4 is 0 Å². The second-order valence-corrected chi connectivity index (χ2v) is 6.18. The van der Waals surface area contributed by atoms with E-state index in [-0.39, 0.29) is 0 Å². The molecule has 0 spiro atoms. The van der Waals surface area contributed by atoms with Crippen LogP contribution in [0.1, 0.15) is 30.0 Å². The first-order chi connectivity index (χ1) is 10.2. The maximum absolute atomic E-state index is 4.30. The number of hydrogen-bond donors (Lipinski definition) is 0. The molecule has 1 fully saturated rings. The van der Waals surface area contributed by atoms with Crippen LogP contribution in [0.3, 0.4) is 0 Å². The summed E-state index contributed by atoms with van der Waals surface area (Å²) in [7, 11) is 2.23. The second kappa shape index (κ2) is 5.87. The molecule has 3 atom stereocenters. The Balaban J connectivity index is 2.00. The van der Waals surface area contributed by atoms with Crippen molar-refractivity contribution in [3.8, 4) is 0 Å². The van der Waals surface area contributed by atoms with E-state index in [0.29, 0.717) is 17.9 Å². The van der Waals surface area contributed by atoms with E-state index in [1.807, 2.05) is 0 Å². The van der Waals surface area contributed by atoms with Gasteiger partial charge in [0.2, 0.25) is 0 Å². The van der Waals surface area contributed by atoms with Gasteiger partial charge >= 0.3 is 0 Å². The van der Waals surface area contributed by atoms with Crippen LogP contribution in [0.25, 0.3) is 0 Å². The minimum Gasteiger partial charge on any atom is -0.298 e. The third kappa shape index (κ3) is 2.66. The molecule has 0 amide bonds. The van der Waals surface area contributed by atoms with Gasteiger partial charge in [0.25, 0.3) is 0 Å². The highest BCUT2D eigenvalue weighted by Crippen LogP contribution is 2.47. The summed E-state index contributed by atoms with van der Waals surface area (Å²) in [6, 6.07) is 22.1. The van der Waals surface area contributed by atoms with Gasteiger partial charge in [-0.1, -0.05) is 72.8 Å². The smallest absolute Gasteiger partial charge is 0.0416 e. The normalized spacial score (nSPS) is 25.9. The van der Waals surface area contributed by atoms with Crippen LogP contribution in [0.4, 0.5) is 0 Å². The maximum Gasteiger partial charge on any atom is 0.0416 e. The fourth-order valence-corrected chi connectivity index (χ4v) is 3.77. The molecule has 0 radical (unpaired) electrons. The highest BCUT2D eigenvalue weighted by atomic mass is 15.2. The van der Waals surface area contributed by atoms with E-state index in [2.05, 4.69) is 86.1 Å². The lowest BCUT2D eigenvalue weighted by Crippen LogP contribution is -2.21. The van der Waals surface area contributed by atoms with Crippen molar-refractivity contribution in [2.45, 2.75) is 18.9 Å². The van der Waals surface area contributed by atoms with Gasteiger partial charge in [0, 0.05) is 24.4 Å². The van der Waals surface area contributed by atoms with Gasteiger partial charge in [-0.05, 0) is 25.1 Å². The standard InChI is InChI=1S/C20H23N/c1-15(2)19-18(16-10-6-4-7-11-16)14-21(3)20(19)17-12-8-5-9-13-17/h4-13,18-20H,1,14H2,2-3H3/t18-,19-,20?/m0/s1. The summed E-state index contributed by atoms with van der Waals surface area (Å²) in [5.41, 5.74) is 4.10. The van der Waals surface area contributed by atoms with Crippen molar-refractivity contribution in [1.29, 1.82) is 0 Å². The van der Waals surface area contributed by atoms with Gasteiger partial charge in [-0.3, -0.25) is 4.90 Å². The predicted octanol–water partition coefficient (Wildman–Crippen LogP) is 4.65. The quantitative estimate of drug-likeness (QED) is 0.738. The Morgan fingerprint density at radius 1 is 0.952 bits per heavy atom. The van der Waals surface area contributed by atoms with E-state index < -0.39 is 0 Å². The zero-order valence-electron chi connectivity index (χ0n) is 12.9. The van der Waals surface area contributed by atoms with Crippen molar-refractivity contribution < 1.29 is 0 Å². The van der Waals surface area contributed by atoms with Crippen LogP contribution in [0.15, 0.2) is 72.8 Å². The monoisotopic (exact) mass is 277 g/mol. The van der Waals surface area contributed by atoms with Crippen molar-refractivity contribution in [1.82, 2.24) is 4.90 Å². The fraction of sp³-hybridized carbons (Fsp3) is 0.300. The molecular formula is C20H23N. The first-order valence-electron chi connectivity index (χ1n) is 7.64. The first kappa shape index (κ1) is 14.1. The van der Waals surface area contributed by atoms with Gasteiger partial charge in [-0.15, -0.1) is 0 Å². The molecule has 0 bridgehead atoms. The van der Waals surface area contributed by atoms with Crippen LogP contribution in [-0.2, 0) is 0 Å². The third-order valence-electron chi connectivity index (χ3n) is 4.67. The van der Waals surface area contributed by atoms with Crippen LogP contribution >= 0.6 is 0 Å². The molecule has 108 valence electrons. The highest BCUT2D eigenvalue weighted by molar-refractivity contribution is 5.32. The predicted molar refractivity (Wildman–Crippen MR) is 89.3 cm³/mol. The molecule has 1 saturated heterocycles. The second-order valence-electron chi connectivity index (χ2n) is 6.18. The summed E-state index contributed by atoms with van der Waals surface area (Å²) in [6.07, 6.45) is 0. The van der Waals surface area contributed by atoms with Crippen LogP contribution in [0.5, 0.6) is 0 Å². The molecule has 0 N–H and O–H groups in total. The third-order valence-corrected chi connectivity index (χ3v) is 4.67. The van der Waals surface area contributed by atoms with Crippen molar-refractivity contribution in [2.24, 2.45) is 5.92 Å². The number of rotatable bonds is 3. The number of likely N-dealkylation sites (N-methyl/N-ethyl adjacent to an activating group) is 1. The molecular weight excluding hydrogens is 254 g/mol. The van der Waals surface area contributed by atoms with Crippen molar-refractivity contribution in [3.63, 3.8) is 0 Å². The first-order valence-corrected chi connectivity index (χ1v) is 7.64. The summed E-state index contributed by atoms with van der Waals surface area (Å²) in [5, 5.41) is 0. The number of likely N-dealkylation sites (tertiary alicyclic amines) is 1. The van der Waals surface area contributed by atoms with Crippen molar-refractivity contribution >= 4 is 0 Å². The number of hydrogen-bond acceptors (Lipinski definition) is 1. The van der Waals surface area contributed by atoms with E-state index in [0.717, 1.165) is 6.54 Å². The Hall–Kier alpha value is -1.86. The van der Waals surface area contributed by atoms with E-state index in [9.17, 15) is 0 Å². The summed E-state index contributed by atoms with van der Waals surface area (Å²) in [5.74, 6) is 0.999. The summed E-state index contributed by atoms with van der Waals surface area (Å²) in [6.45, 7) is 7.56. The molecule has 1 aliphatic rings. The Bertz CT molecular complexity index is 602. The molecule has 0 aromatic heterocycles. The van der Waals surface area contributed by atoms with Gasteiger partial charge in [-0.25, -0.2) is 0 Å². The molecule has 0 aliphatic carbocycles. The Labute approximate surface area is 127 Å². The Morgan fingerprint density at radius 2 is 1.48 bits per heavy atom. The summed E-state index contributed by atoms with van der Waals surface area (Å²) >= 11 is 0. The van der Waals surface area contributed by atoms with Crippen molar-refractivity contribution in [3.05, 3.63) is 83.9 Å². The van der Waals surface area contributed by atoms with Crippen molar-refractivity contribution in [2.75, 3.05) is 13.6 Å². The van der Waals surface area contributed by atoms with Gasteiger partial charge in [0.15, 0.2) is 0 Å². The zero-order valence-corrected chi connectivity index (χ0v) is 12.9. The van der Waals surface area contributed by atoms with Gasteiger partial charge in [-0.2, -0.15) is 0 Å².